The number of halogens is 2. The molecular formula is C11H9F2NO2. The maximum Gasteiger partial charge on any atom is 0.307 e. The highest BCUT2D eigenvalue weighted by atomic mass is 19.2. The summed E-state index contributed by atoms with van der Waals surface area (Å²) < 4.78 is 29.9. The standard InChI is InChI=1S/C11H9F2NO2/c1-16-11(15)5-8(6-14)7-2-3-9(12)10(13)4-7/h2-4,8H,5H2,1H3. The van der Waals surface area contributed by atoms with Crippen LogP contribution in [-0.2, 0) is 9.53 Å². The largest absolute Gasteiger partial charge is 0.469 e. The van der Waals surface area contributed by atoms with E-state index in [2.05, 4.69) is 4.74 Å². The molecule has 1 aromatic carbocycles. The summed E-state index contributed by atoms with van der Waals surface area (Å²) in [5, 5.41) is 8.81. The van der Waals surface area contributed by atoms with E-state index < -0.39 is 23.5 Å². The van der Waals surface area contributed by atoms with Crippen LogP contribution in [0.2, 0.25) is 0 Å². The minimum absolute atomic E-state index is 0.182. The number of hydrogen-bond donors (Lipinski definition) is 0. The molecule has 5 heteroatoms. The Bertz CT molecular complexity index is 440. The predicted molar refractivity (Wildman–Crippen MR) is 51.3 cm³/mol. The summed E-state index contributed by atoms with van der Waals surface area (Å²) in [7, 11) is 1.20. The van der Waals surface area contributed by atoms with Gasteiger partial charge in [0.1, 0.15) is 0 Å². The van der Waals surface area contributed by atoms with Crippen LogP contribution in [0.1, 0.15) is 17.9 Å². The molecule has 0 spiro atoms. The molecule has 0 bridgehead atoms. The highest BCUT2D eigenvalue weighted by Crippen LogP contribution is 2.21. The Hall–Kier alpha value is -1.96. The van der Waals surface area contributed by atoms with Crippen LogP contribution in [-0.4, -0.2) is 13.1 Å². The number of carbonyl (C=O) groups is 1. The smallest absolute Gasteiger partial charge is 0.307 e. The summed E-state index contributed by atoms with van der Waals surface area (Å²) >= 11 is 0. The first kappa shape index (κ1) is 12.1. The van der Waals surface area contributed by atoms with Gasteiger partial charge in [0.25, 0.3) is 0 Å². The molecular weight excluding hydrogens is 216 g/mol. The Morgan fingerprint density at radius 2 is 2.19 bits per heavy atom. The minimum atomic E-state index is -1.04. The van der Waals surface area contributed by atoms with Gasteiger partial charge in [-0.15, -0.1) is 0 Å². The molecule has 0 aliphatic carbocycles. The monoisotopic (exact) mass is 225 g/mol. The van der Waals surface area contributed by atoms with Crippen molar-refractivity contribution in [3.63, 3.8) is 0 Å². The molecule has 0 heterocycles. The third-order valence-corrected chi connectivity index (χ3v) is 2.10. The number of nitriles is 1. The molecule has 1 aromatic rings. The first-order chi connectivity index (χ1) is 7.58. The first-order valence-electron chi connectivity index (χ1n) is 4.50. The molecule has 0 aromatic heterocycles. The summed E-state index contributed by atoms with van der Waals surface area (Å²) in [6.07, 6.45) is -0.182. The SMILES string of the molecule is COC(=O)CC(C#N)c1ccc(F)c(F)c1. The second kappa shape index (κ2) is 5.21. The van der Waals surface area contributed by atoms with Crippen LogP contribution in [0.5, 0.6) is 0 Å². The quantitative estimate of drug-likeness (QED) is 0.740. The molecule has 0 saturated heterocycles. The van der Waals surface area contributed by atoms with Crippen LogP contribution in [0.15, 0.2) is 18.2 Å². The third-order valence-electron chi connectivity index (χ3n) is 2.10. The molecule has 84 valence electrons. The van der Waals surface area contributed by atoms with Gasteiger partial charge in [0.15, 0.2) is 11.6 Å². The van der Waals surface area contributed by atoms with E-state index in [-0.39, 0.29) is 12.0 Å². The van der Waals surface area contributed by atoms with Crippen molar-refractivity contribution in [3.05, 3.63) is 35.4 Å². The van der Waals surface area contributed by atoms with E-state index in [1.807, 2.05) is 6.07 Å². The molecule has 1 rings (SSSR count). The maximum absolute atomic E-state index is 12.9. The van der Waals surface area contributed by atoms with Crippen LogP contribution in [0.25, 0.3) is 0 Å². The van der Waals surface area contributed by atoms with Gasteiger partial charge in [-0.1, -0.05) is 6.07 Å². The van der Waals surface area contributed by atoms with Gasteiger partial charge in [-0.05, 0) is 17.7 Å². The Labute approximate surface area is 91.3 Å². The zero-order valence-electron chi connectivity index (χ0n) is 8.54. The van der Waals surface area contributed by atoms with Gasteiger partial charge in [-0.3, -0.25) is 4.79 Å². The van der Waals surface area contributed by atoms with Crippen LogP contribution in [0.3, 0.4) is 0 Å². The van der Waals surface area contributed by atoms with Crippen LogP contribution in [0.4, 0.5) is 8.78 Å². The van der Waals surface area contributed by atoms with Crippen molar-refractivity contribution in [3.8, 4) is 6.07 Å². The molecule has 3 nitrogen and oxygen atoms in total. The third kappa shape index (κ3) is 2.76. The van der Waals surface area contributed by atoms with Gasteiger partial charge in [0, 0.05) is 0 Å². The Balaban J connectivity index is 2.92. The van der Waals surface area contributed by atoms with Crippen molar-refractivity contribution >= 4 is 5.97 Å². The van der Waals surface area contributed by atoms with Crippen molar-refractivity contribution in [1.82, 2.24) is 0 Å². The number of methoxy groups -OCH3 is 1. The van der Waals surface area contributed by atoms with Gasteiger partial charge in [0.05, 0.1) is 25.5 Å². The van der Waals surface area contributed by atoms with Crippen molar-refractivity contribution in [2.75, 3.05) is 7.11 Å². The number of esters is 1. The van der Waals surface area contributed by atoms with Crippen molar-refractivity contribution in [2.45, 2.75) is 12.3 Å². The summed E-state index contributed by atoms with van der Waals surface area (Å²) in [6, 6.07) is 4.95. The number of hydrogen-bond acceptors (Lipinski definition) is 3. The van der Waals surface area contributed by atoms with E-state index in [0.717, 1.165) is 12.1 Å². The summed E-state index contributed by atoms with van der Waals surface area (Å²) in [5.74, 6) is -3.43. The molecule has 1 atom stereocenters. The van der Waals surface area contributed by atoms with Crippen molar-refractivity contribution in [1.29, 1.82) is 5.26 Å². The summed E-state index contributed by atoms with van der Waals surface area (Å²) in [5.41, 5.74) is 0.256. The lowest BCUT2D eigenvalue weighted by molar-refractivity contribution is -0.140. The van der Waals surface area contributed by atoms with Gasteiger partial charge >= 0.3 is 5.97 Å². The number of benzene rings is 1. The van der Waals surface area contributed by atoms with Crippen LogP contribution >= 0.6 is 0 Å². The van der Waals surface area contributed by atoms with Gasteiger partial charge in [-0.25, -0.2) is 8.78 Å². The van der Waals surface area contributed by atoms with E-state index >= 15 is 0 Å². The molecule has 1 unspecified atom stereocenters. The lowest BCUT2D eigenvalue weighted by atomic mass is 9.97. The Morgan fingerprint density at radius 3 is 2.69 bits per heavy atom. The fourth-order valence-corrected chi connectivity index (χ4v) is 1.22. The van der Waals surface area contributed by atoms with E-state index in [0.29, 0.717) is 0 Å². The topological polar surface area (TPSA) is 50.1 Å². The molecule has 0 saturated carbocycles. The maximum atomic E-state index is 12.9. The van der Waals surface area contributed by atoms with Gasteiger partial charge in [-0.2, -0.15) is 5.26 Å². The second-order valence-corrected chi connectivity index (χ2v) is 3.14. The Morgan fingerprint density at radius 1 is 1.50 bits per heavy atom. The van der Waals surface area contributed by atoms with Crippen molar-refractivity contribution < 1.29 is 18.3 Å². The number of carbonyl (C=O) groups excluding carboxylic acids is 1. The van der Waals surface area contributed by atoms with E-state index in [9.17, 15) is 13.6 Å². The average Bonchev–Trinajstić information content (AvgIpc) is 2.29. The highest BCUT2D eigenvalue weighted by Gasteiger charge is 2.17. The van der Waals surface area contributed by atoms with Crippen molar-refractivity contribution in [2.24, 2.45) is 0 Å². The molecule has 0 radical (unpaired) electrons. The molecule has 0 fully saturated rings. The highest BCUT2D eigenvalue weighted by molar-refractivity contribution is 5.71. The minimum Gasteiger partial charge on any atom is -0.469 e. The van der Waals surface area contributed by atoms with E-state index in [4.69, 9.17) is 5.26 Å². The molecule has 0 N–H and O–H groups in total. The molecule has 0 aliphatic heterocycles. The lowest BCUT2D eigenvalue weighted by Crippen LogP contribution is -2.07. The Kier molecular flexibility index (Phi) is 3.95. The average molecular weight is 225 g/mol. The van der Waals surface area contributed by atoms with Crippen LogP contribution in [0, 0.1) is 23.0 Å². The second-order valence-electron chi connectivity index (χ2n) is 3.14. The zero-order chi connectivity index (χ0) is 12.1. The van der Waals surface area contributed by atoms with E-state index in [1.165, 1.54) is 13.2 Å². The normalized spacial score (nSPS) is 11.6. The summed E-state index contributed by atoms with van der Waals surface area (Å²) in [4.78, 5) is 11.0. The zero-order valence-corrected chi connectivity index (χ0v) is 8.54. The molecule has 0 aliphatic rings. The predicted octanol–water partition coefficient (Wildman–Crippen LogP) is 2.14. The number of rotatable bonds is 3. The van der Waals surface area contributed by atoms with Gasteiger partial charge in [0.2, 0.25) is 0 Å². The van der Waals surface area contributed by atoms with Crippen LogP contribution < -0.4 is 0 Å². The van der Waals surface area contributed by atoms with E-state index in [1.54, 1.807) is 0 Å². The first-order valence-corrected chi connectivity index (χ1v) is 4.50. The molecule has 16 heavy (non-hydrogen) atoms. The number of ether oxygens (including phenoxy) is 1. The fourth-order valence-electron chi connectivity index (χ4n) is 1.22. The molecule has 0 amide bonds. The fraction of sp³-hybridized carbons (Fsp3) is 0.273. The summed E-state index contributed by atoms with van der Waals surface area (Å²) in [6.45, 7) is 0. The van der Waals surface area contributed by atoms with Gasteiger partial charge < -0.3 is 4.74 Å². The lowest BCUT2D eigenvalue weighted by Gasteiger charge is -2.08. The number of nitrogens with zero attached hydrogens (tertiary/aromatic N) is 1.